The van der Waals surface area contributed by atoms with Crippen LogP contribution >= 0.6 is 0 Å². The number of benzene rings is 1. The molecule has 2 saturated heterocycles. The van der Waals surface area contributed by atoms with Crippen molar-refractivity contribution in [3.63, 3.8) is 0 Å². The Balaban J connectivity index is 1.84. The lowest BCUT2D eigenvalue weighted by molar-refractivity contribution is -0.384. The van der Waals surface area contributed by atoms with Crippen molar-refractivity contribution in [1.29, 1.82) is 0 Å². The molecule has 2 N–H and O–H groups in total. The first-order valence-corrected chi connectivity index (χ1v) is 7.11. The number of ether oxygens (including phenoxy) is 1. The number of nitro benzene ring substituents is 1. The molecule has 2 fully saturated rings. The van der Waals surface area contributed by atoms with E-state index in [9.17, 15) is 14.5 Å². The molecule has 2 heterocycles. The fourth-order valence-electron chi connectivity index (χ4n) is 3.36. The minimum Gasteiger partial charge on any atom is -0.494 e. The molecule has 2 atom stereocenters. The van der Waals surface area contributed by atoms with Gasteiger partial charge in [-0.05, 0) is 25.7 Å². The van der Waals surface area contributed by atoms with Gasteiger partial charge in [-0.1, -0.05) is 0 Å². The molecule has 3 rings (SSSR count). The number of halogens is 1. The van der Waals surface area contributed by atoms with E-state index in [4.69, 9.17) is 4.74 Å². The monoisotopic (exact) mass is 295 g/mol. The van der Waals surface area contributed by atoms with Crippen LogP contribution in [0.25, 0.3) is 0 Å². The Kier molecular flexibility index (Phi) is 3.67. The van der Waals surface area contributed by atoms with Crippen LogP contribution in [0.1, 0.15) is 25.7 Å². The van der Waals surface area contributed by atoms with Gasteiger partial charge >= 0.3 is 0 Å². The topological polar surface area (TPSA) is 76.4 Å². The smallest absolute Gasteiger partial charge is 0.295 e. The molecule has 1 aromatic rings. The number of methoxy groups -OCH3 is 1. The van der Waals surface area contributed by atoms with Gasteiger partial charge in [-0.2, -0.15) is 0 Å². The summed E-state index contributed by atoms with van der Waals surface area (Å²) in [5.41, 5.74) is 0.0729. The maximum atomic E-state index is 13.6. The molecule has 0 aromatic heterocycles. The summed E-state index contributed by atoms with van der Waals surface area (Å²) in [5.74, 6) is -0.708. The van der Waals surface area contributed by atoms with Crippen molar-refractivity contribution in [3.05, 3.63) is 28.1 Å². The molecular weight excluding hydrogens is 277 g/mol. The van der Waals surface area contributed by atoms with Crippen LogP contribution in [0.2, 0.25) is 0 Å². The van der Waals surface area contributed by atoms with Crippen LogP contribution in [-0.4, -0.2) is 30.2 Å². The van der Waals surface area contributed by atoms with Gasteiger partial charge in [0.25, 0.3) is 5.69 Å². The van der Waals surface area contributed by atoms with Crippen LogP contribution in [-0.2, 0) is 0 Å². The zero-order chi connectivity index (χ0) is 15.0. The number of hydrogen-bond donors (Lipinski definition) is 2. The molecule has 0 amide bonds. The second kappa shape index (κ2) is 5.48. The second-order valence-corrected chi connectivity index (χ2v) is 5.71. The van der Waals surface area contributed by atoms with E-state index in [0.29, 0.717) is 17.8 Å². The predicted octanol–water partition coefficient (Wildman–Crippen LogP) is 2.44. The van der Waals surface area contributed by atoms with Crippen molar-refractivity contribution >= 4 is 11.4 Å². The van der Waals surface area contributed by atoms with Gasteiger partial charge in [0.2, 0.25) is 0 Å². The lowest BCUT2D eigenvalue weighted by Gasteiger charge is -2.30. The third-order valence-corrected chi connectivity index (χ3v) is 4.30. The molecule has 2 unspecified atom stereocenters. The SMILES string of the molecule is COc1cc(NC2CC3CCC(C2)N3)c([N+](=O)[O-])cc1F. The largest absolute Gasteiger partial charge is 0.494 e. The van der Waals surface area contributed by atoms with E-state index in [2.05, 4.69) is 10.6 Å². The highest BCUT2D eigenvalue weighted by Crippen LogP contribution is 2.35. The molecule has 0 aliphatic carbocycles. The number of hydrogen-bond acceptors (Lipinski definition) is 5. The highest BCUT2D eigenvalue weighted by molar-refractivity contribution is 5.65. The lowest BCUT2D eigenvalue weighted by atomic mass is 9.99. The summed E-state index contributed by atoms with van der Waals surface area (Å²) in [4.78, 5) is 10.5. The number of rotatable bonds is 4. The van der Waals surface area contributed by atoms with Crippen molar-refractivity contribution in [2.75, 3.05) is 12.4 Å². The summed E-state index contributed by atoms with van der Waals surface area (Å²) >= 11 is 0. The Morgan fingerprint density at radius 1 is 1.38 bits per heavy atom. The molecule has 114 valence electrons. The van der Waals surface area contributed by atoms with E-state index in [0.717, 1.165) is 31.7 Å². The molecule has 21 heavy (non-hydrogen) atoms. The highest BCUT2D eigenvalue weighted by Gasteiger charge is 2.34. The van der Waals surface area contributed by atoms with Gasteiger partial charge in [-0.3, -0.25) is 10.1 Å². The van der Waals surface area contributed by atoms with Gasteiger partial charge in [0.05, 0.1) is 18.1 Å². The highest BCUT2D eigenvalue weighted by atomic mass is 19.1. The maximum absolute atomic E-state index is 13.6. The zero-order valence-electron chi connectivity index (χ0n) is 11.8. The minimum absolute atomic E-state index is 0.0139. The Hall–Kier alpha value is -1.89. The molecule has 2 bridgehead atoms. The zero-order valence-corrected chi connectivity index (χ0v) is 11.8. The Morgan fingerprint density at radius 2 is 2.05 bits per heavy atom. The van der Waals surface area contributed by atoms with Gasteiger partial charge in [-0.25, -0.2) is 4.39 Å². The van der Waals surface area contributed by atoms with Crippen LogP contribution in [0.15, 0.2) is 12.1 Å². The summed E-state index contributed by atoms with van der Waals surface area (Å²) < 4.78 is 18.6. The number of piperidine rings is 1. The molecule has 7 heteroatoms. The van der Waals surface area contributed by atoms with Gasteiger partial charge in [-0.15, -0.1) is 0 Å². The summed E-state index contributed by atoms with van der Waals surface area (Å²) in [6.07, 6.45) is 4.15. The van der Waals surface area contributed by atoms with Crippen molar-refractivity contribution in [2.45, 2.75) is 43.8 Å². The first-order chi connectivity index (χ1) is 10.1. The number of nitrogens with one attached hydrogen (secondary N) is 2. The average molecular weight is 295 g/mol. The number of anilines is 1. The molecule has 2 aliphatic rings. The van der Waals surface area contributed by atoms with Gasteiger partial charge < -0.3 is 15.4 Å². The van der Waals surface area contributed by atoms with Crippen molar-refractivity contribution in [2.24, 2.45) is 0 Å². The van der Waals surface area contributed by atoms with E-state index in [1.807, 2.05) is 0 Å². The number of nitrogens with zero attached hydrogens (tertiary/aromatic N) is 1. The normalized spacial score (nSPS) is 27.4. The predicted molar refractivity (Wildman–Crippen MR) is 76.2 cm³/mol. The van der Waals surface area contributed by atoms with Crippen LogP contribution in [0.4, 0.5) is 15.8 Å². The molecule has 1 aromatic carbocycles. The van der Waals surface area contributed by atoms with Crippen molar-refractivity contribution in [1.82, 2.24) is 5.32 Å². The molecule has 6 nitrogen and oxygen atoms in total. The van der Waals surface area contributed by atoms with Crippen LogP contribution in [0, 0.1) is 15.9 Å². The number of fused-ring (bicyclic) bond motifs is 2. The van der Waals surface area contributed by atoms with E-state index < -0.39 is 10.7 Å². The average Bonchev–Trinajstić information content (AvgIpc) is 2.79. The Bertz CT molecular complexity index is 555. The van der Waals surface area contributed by atoms with Gasteiger partial charge in [0.15, 0.2) is 11.6 Å². The van der Waals surface area contributed by atoms with Crippen molar-refractivity contribution < 1.29 is 14.1 Å². The van der Waals surface area contributed by atoms with E-state index in [1.165, 1.54) is 13.2 Å². The summed E-state index contributed by atoms with van der Waals surface area (Å²) in [7, 11) is 1.35. The van der Waals surface area contributed by atoms with Crippen LogP contribution in [0.5, 0.6) is 5.75 Å². The third-order valence-electron chi connectivity index (χ3n) is 4.30. The first kappa shape index (κ1) is 14.1. The quantitative estimate of drug-likeness (QED) is 0.659. The van der Waals surface area contributed by atoms with E-state index >= 15 is 0 Å². The summed E-state index contributed by atoms with van der Waals surface area (Å²) in [6.45, 7) is 0. The second-order valence-electron chi connectivity index (χ2n) is 5.71. The van der Waals surface area contributed by atoms with Crippen LogP contribution < -0.4 is 15.4 Å². The van der Waals surface area contributed by atoms with Gasteiger partial charge in [0.1, 0.15) is 5.69 Å². The fourth-order valence-corrected chi connectivity index (χ4v) is 3.36. The minimum atomic E-state index is -0.722. The summed E-state index contributed by atoms with van der Waals surface area (Å²) in [5, 5.41) is 17.8. The Labute approximate surface area is 121 Å². The van der Waals surface area contributed by atoms with E-state index in [1.54, 1.807) is 0 Å². The van der Waals surface area contributed by atoms with Crippen molar-refractivity contribution in [3.8, 4) is 5.75 Å². The lowest BCUT2D eigenvalue weighted by Crippen LogP contribution is -2.43. The molecule has 2 aliphatic heterocycles. The number of nitro groups is 1. The molecule has 0 spiro atoms. The van der Waals surface area contributed by atoms with Crippen LogP contribution in [0.3, 0.4) is 0 Å². The molecular formula is C14H18FN3O3. The first-order valence-electron chi connectivity index (χ1n) is 7.11. The summed E-state index contributed by atoms with van der Waals surface area (Å²) in [6, 6.07) is 3.40. The van der Waals surface area contributed by atoms with Gasteiger partial charge in [0, 0.05) is 24.2 Å². The van der Waals surface area contributed by atoms with E-state index in [-0.39, 0.29) is 17.5 Å². The third kappa shape index (κ3) is 2.78. The molecule has 0 saturated carbocycles. The fraction of sp³-hybridized carbons (Fsp3) is 0.571. The standard InChI is InChI=1S/C14H18FN3O3/c1-21-14-7-12(13(18(19)20)6-11(14)15)17-10-4-8-2-3-9(5-10)16-8/h6-10,16-17H,2-5H2,1H3. The Morgan fingerprint density at radius 3 is 2.62 bits per heavy atom. The maximum Gasteiger partial charge on any atom is 0.295 e. The molecule has 0 radical (unpaired) electrons.